The minimum atomic E-state index is -0.246. The summed E-state index contributed by atoms with van der Waals surface area (Å²) < 4.78 is 0.834. The van der Waals surface area contributed by atoms with Gasteiger partial charge >= 0.3 is 0 Å². The van der Waals surface area contributed by atoms with Crippen molar-refractivity contribution in [2.24, 2.45) is 0 Å². The second kappa shape index (κ2) is 5.88. The second-order valence-electron chi connectivity index (χ2n) is 4.37. The number of nitrogens with one attached hydrogen (secondary N) is 2. The summed E-state index contributed by atoms with van der Waals surface area (Å²) in [5.74, 6) is -0.246. The van der Waals surface area contributed by atoms with Crippen molar-refractivity contribution in [2.75, 3.05) is 5.32 Å². The molecule has 6 heteroatoms. The van der Waals surface area contributed by atoms with Crippen molar-refractivity contribution in [2.45, 2.75) is 0 Å². The van der Waals surface area contributed by atoms with Crippen LogP contribution in [0.4, 0.5) is 5.69 Å². The molecule has 2 heterocycles. The van der Waals surface area contributed by atoms with Gasteiger partial charge in [0.2, 0.25) is 0 Å². The van der Waals surface area contributed by atoms with Gasteiger partial charge in [-0.2, -0.15) is 5.10 Å². The van der Waals surface area contributed by atoms with Crippen molar-refractivity contribution in [3.05, 3.63) is 65.0 Å². The van der Waals surface area contributed by atoms with Gasteiger partial charge in [0, 0.05) is 28.1 Å². The maximum atomic E-state index is 12.1. The number of hydrogen-bond acceptors (Lipinski definition) is 3. The van der Waals surface area contributed by atoms with E-state index in [1.807, 2.05) is 30.3 Å². The molecule has 0 bridgehead atoms. The van der Waals surface area contributed by atoms with E-state index in [1.165, 1.54) is 0 Å². The summed E-state index contributed by atoms with van der Waals surface area (Å²) >= 11 is 3.29. The topological polar surface area (TPSA) is 70.7 Å². The van der Waals surface area contributed by atoms with Crippen LogP contribution in [0.15, 0.2) is 59.3 Å². The molecule has 104 valence electrons. The van der Waals surface area contributed by atoms with Crippen LogP contribution in [0, 0.1) is 0 Å². The Balaban J connectivity index is 1.80. The summed E-state index contributed by atoms with van der Waals surface area (Å²) in [6.07, 6.45) is 3.28. The van der Waals surface area contributed by atoms with Crippen molar-refractivity contribution in [1.82, 2.24) is 15.2 Å². The van der Waals surface area contributed by atoms with E-state index in [4.69, 9.17) is 0 Å². The quantitative estimate of drug-likeness (QED) is 0.765. The third kappa shape index (κ3) is 3.17. The van der Waals surface area contributed by atoms with Crippen LogP contribution in [-0.4, -0.2) is 21.1 Å². The molecule has 0 aliphatic rings. The fraction of sp³-hybridized carbons (Fsp3) is 0. The first-order valence-corrected chi connectivity index (χ1v) is 7.04. The lowest BCUT2D eigenvalue weighted by Gasteiger charge is -2.06. The van der Waals surface area contributed by atoms with E-state index in [1.54, 1.807) is 24.5 Å². The third-order valence-corrected chi connectivity index (χ3v) is 3.36. The second-order valence-corrected chi connectivity index (χ2v) is 5.28. The summed E-state index contributed by atoms with van der Waals surface area (Å²) in [6.45, 7) is 0. The number of aromatic amines is 1. The van der Waals surface area contributed by atoms with Crippen molar-refractivity contribution >= 4 is 27.5 Å². The standard InChI is InChI=1S/C15H11BrN4O/c16-11-4-5-14(17-9-11)15(21)19-12-3-1-2-10(8-12)13-6-7-18-20-13/h1-9H,(H,18,20)(H,19,21). The molecule has 0 fully saturated rings. The zero-order chi connectivity index (χ0) is 14.7. The van der Waals surface area contributed by atoms with Crippen LogP contribution in [0.5, 0.6) is 0 Å². The van der Waals surface area contributed by atoms with Crippen LogP contribution in [0.3, 0.4) is 0 Å². The van der Waals surface area contributed by atoms with Crippen LogP contribution < -0.4 is 5.32 Å². The molecule has 0 saturated heterocycles. The third-order valence-electron chi connectivity index (χ3n) is 2.89. The van der Waals surface area contributed by atoms with Gasteiger partial charge in [0.05, 0.1) is 5.69 Å². The number of anilines is 1. The van der Waals surface area contributed by atoms with Crippen LogP contribution in [-0.2, 0) is 0 Å². The number of benzene rings is 1. The smallest absolute Gasteiger partial charge is 0.274 e. The van der Waals surface area contributed by atoms with Gasteiger partial charge in [-0.3, -0.25) is 9.89 Å². The summed E-state index contributed by atoms with van der Waals surface area (Å²) in [5, 5.41) is 9.64. The molecular weight excluding hydrogens is 332 g/mol. The summed E-state index contributed by atoms with van der Waals surface area (Å²) in [4.78, 5) is 16.2. The lowest BCUT2D eigenvalue weighted by Crippen LogP contribution is -2.13. The molecule has 0 radical (unpaired) electrons. The number of rotatable bonds is 3. The zero-order valence-electron chi connectivity index (χ0n) is 10.9. The van der Waals surface area contributed by atoms with Crippen LogP contribution in [0.25, 0.3) is 11.3 Å². The van der Waals surface area contributed by atoms with E-state index < -0.39 is 0 Å². The Bertz CT molecular complexity index is 754. The fourth-order valence-electron chi connectivity index (χ4n) is 1.89. The fourth-order valence-corrected chi connectivity index (χ4v) is 2.12. The average molecular weight is 343 g/mol. The maximum Gasteiger partial charge on any atom is 0.274 e. The Morgan fingerprint density at radius 3 is 2.81 bits per heavy atom. The Kier molecular flexibility index (Phi) is 3.79. The van der Waals surface area contributed by atoms with E-state index >= 15 is 0 Å². The summed E-state index contributed by atoms with van der Waals surface area (Å²) in [5.41, 5.74) is 2.92. The van der Waals surface area contributed by atoms with Crippen LogP contribution in [0.1, 0.15) is 10.5 Å². The maximum absolute atomic E-state index is 12.1. The minimum Gasteiger partial charge on any atom is -0.321 e. The van der Waals surface area contributed by atoms with Gasteiger partial charge < -0.3 is 5.32 Å². The van der Waals surface area contributed by atoms with Crippen LogP contribution in [0.2, 0.25) is 0 Å². The number of hydrogen-bond donors (Lipinski definition) is 2. The van der Waals surface area contributed by atoms with Gasteiger partial charge in [0.1, 0.15) is 5.69 Å². The number of carbonyl (C=O) groups excluding carboxylic acids is 1. The highest BCUT2D eigenvalue weighted by molar-refractivity contribution is 9.10. The molecule has 0 aliphatic carbocycles. The number of halogens is 1. The number of amides is 1. The molecule has 1 aromatic carbocycles. The molecule has 0 spiro atoms. The first kappa shape index (κ1) is 13.5. The zero-order valence-corrected chi connectivity index (χ0v) is 12.5. The van der Waals surface area contributed by atoms with Gasteiger partial charge in [0.15, 0.2) is 0 Å². The van der Waals surface area contributed by atoms with E-state index in [0.717, 1.165) is 15.7 Å². The summed E-state index contributed by atoms with van der Waals surface area (Å²) in [6, 6.07) is 12.8. The van der Waals surface area contributed by atoms with E-state index in [0.29, 0.717) is 11.4 Å². The molecule has 2 N–H and O–H groups in total. The van der Waals surface area contributed by atoms with Crippen molar-refractivity contribution < 1.29 is 4.79 Å². The Morgan fingerprint density at radius 2 is 2.10 bits per heavy atom. The van der Waals surface area contributed by atoms with Crippen molar-refractivity contribution in [1.29, 1.82) is 0 Å². The molecule has 3 aromatic rings. The minimum absolute atomic E-state index is 0.246. The van der Waals surface area contributed by atoms with Gasteiger partial charge in [-0.05, 0) is 46.3 Å². The van der Waals surface area contributed by atoms with Gasteiger partial charge in [-0.1, -0.05) is 12.1 Å². The largest absolute Gasteiger partial charge is 0.321 e. The normalized spacial score (nSPS) is 10.3. The number of nitrogens with zero attached hydrogens (tertiary/aromatic N) is 2. The number of aromatic nitrogens is 3. The molecule has 2 aromatic heterocycles. The highest BCUT2D eigenvalue weighted by atomic mass is 79.9. The highest BCUT2D eigenvalue weighted by Gasteiger charge is 2.08. The van der Waals surface area contributed by atoms with E-state index in [2.05, 4.69) is 36.4 Å². The monoisotopic (exact) mass is 342 g/mol. The molecule has 0 saturated carbocycles. The molecule has 0 atom stereocenters. The van der Waals surface area contributed by atoms with Gasteiger partial charge in [0.25, 0.3) is 5.91 Å². The van der Waals surface area contributed by atoms with Crippen LogP contribution >= 0.6 is 15.9 Å². The van der Waals surface area contributed by atoms with E-state index in [-0.39, 0.29) is 5.91 Å². The van der Waals surface area contributed by atoms with Gasteiger partial charge in [-0.15, -0.1) is 0 Å². The molecule has 1 amide bonds. The predicted octanol–water partition coefficient (Wildman–Crippen LogP) is 3.49. The first-order chi connectivity index (χ1) is 10.2. The lowest BCUT2D eigenvalue weighted by atomic mass is 10.1. The van der Waals surface area contributed by atoms with Crippen molar-refractivity contribution in [3.8, 4) is 11.3 Å². The predicted molar refractivity (Wildman–Crippen MR) is 83.9 cm³/mol. The first-order valence-electron chi connectivity index (χ1n) is 6.25. The van der Waals surface area contributed by atoms with Gasteiger partial charge in [-0.25, -0.2) is 4.98 Å². The molecule has 21 heavy (non-hydrogen) atoms. The Hall–Kier alpha value is -2.47. The highest BCUT2D eigenvalue weighted by Crippen LogP contribution is 2.20. The molecule has 0 unspecified atom stereocenters. The SMILES string of the molecule is O=C(Nc1cccc(-c2ccn[nH]2)c1)c1ccc(Br)cn1. The Labute approximate surface area is 129 Å². The summed E-state index contributed by atoms with van der Waals surface area (Å²) in [7, 11) is 0. The number of H-pyrrole nitrogens is 1. The molecule has 0 aliphatic heterocycles. The average Bonchev–Trinajstić information content (AvgIpc) is 3.02. The van der Waals surface area contributed by atoms with Crippen molar-refractivity contribution in [3.63, 3.8) is 0 Å². The molecular formula is C15H11BrN4O. The molecule has 5 nitrogen and oxygen atoms in total. The Morgan fingerprint density at radius 1 is 1.19 bits per heavy atom. The van der Waals surface area contributed by atoms with E-state index in [9.17, 15) is 4.79 Å². The number of carbonyl (C=O) groups is 1. The lowest BCUT2D eigenvalue weighted by molar-refractivity contribution is 0.102. The molecule has 3 rings (SSSR count). The number of pyridine rings is 1.